The number of hydrogen-bond acceptors (Lipinski definition) is 3. The molecule has 17 heavy (non-hydrogen) atoms. The molecule has 0 fully saturated rings. The molecule has 0 saturated heterocycles. The van der Waals surface area contributed by atoms with Crippen LogP contribution in [0, 0.1) is 0 Å². The monoisotopic (exact) mass is 294 g/mol. The smallest absolute Gasteiger partial charge is 0.224 e. The van der Waals surface area contributed by atoms with E-state index in [1.807, 2.05) is 13.8 Å². The zero-order valence-electron chi connectivity index (χ0n) is 9.37. The third kappa shape index (κ3) is 2.06. The van der Waals surface area contributed by atoms with Crippen molar-refractivity contribution < 1.29 is 8.42 Å². The van der Waals surface area contributed by atoms with Crippen LogP contribution in [0.25, 0.3) is 0 Å². The molecule has 1 N–H and O–H groups in total. The molecule has 0 aliphatic carbocycles. The van der Waals surface area contributed by atoms with Crippen LogP contribution in [0.1, 0.15) is 25.5 Å². The van der Waals surface area contributed by atoms with Crippen molar-refractivity contribution in [1.82, 2.24) is 9.84 Å². The minimum atomic E-state index is -3.63. The molecule has 1 aromatic carbocycles. The third-order valence-electron chi connectivity index (χ3n) is 2.84. The van der Waals surface area contributed by atoms with Crippen LogP contribution < -0.4 is 4.83 Å². The average molecular weight is 295 g/mol. The van der Waals surface area contributed by atoms with Gasteiger partial charge in [0, 0.05) is 12.6 Å². The quantitative estimate of drug-likeness (QED) is 0.866. The molecule has 1 atom stereocenters. The maximum Gasteiger partial charge on any atom is 0.255 e. The molecule has 0 spiro atoms. The molecule has 1 unspecified atom stereocenters. The summed E-state index contributed by atoms with van der Waals surface area (Å²) in [6.07, 6.45) is 0. The predicted octanol–water partition coefficient (Wildman–Crippen LogP) is 2.58. The van der Waals surface area contributed by atoms with Gasteiger partial charge in [0.1, 0.15) is 4.90 Å². The van der Waals surface area contributed by atoms with Crippen molar-refractivity contribution in [3.8, 4) is 0 Å². The summed E-state index contributed by atoms with van der Waals surface area (Å²) in [7, 11) is -3.63. The summed E-state index contributed by atoms with van der Waals surface area (Å²) in [5.74, 6) is 0. The molecular weight excluding hydrogens is 283 g/mol. The molecule has 0 bridgehead atoms. The van der Waals surface area contributed by atoms with Gasteiger partial charge in [0.2, 0.25) is 0 Å². The maximum absolute atomic E-state index is 12.1. The van der Waals surface area contributed by atoms with E-state index in [2.05, 4.69) is 4.83 Å². The zero-order chi connectivity index (χ0) is 12.8. The SMILES string of the molecule is CCN1NS(=O)(=O)c2c(ccc(Cl)c2Cl)C1C. The second-order valence-electron chi connectivity index (χ2n) is 3.84. The van der Waals surface area contributed by atoms with Gasteiger partial charge >= 0.3 is 0 Å². The lowest BCUT2D eigenvalue weighted by Gasteiger charge is -2.34. The Morgan fingerprint density at radius 3 is 2.65 bits per heavy atom. The Balaban J connectivity index is 2.73. The first-order chi connectivity index (χ1) is 7.88. The fourth-order valence-corrected chi connectivity index (χ4v) is 4.21. The number of nitrogens with one attached hydrogen (secondary N) is 1. The van der Waals surface area contributed by atoms with Gasteiger partial charge < -0.3 is 0 Å². The van der Waals surface area contributed by atoms with Crippen molar-refractivity contribution in [1.29, 1.82) is 0 Å². The number of hydrogen-bond donors (Lipinski definition) is 1. The fraction of sp³-hybridized carbons (Fsp3) is 0.400. The van der Waals surface area contributed by atoms with Crippen LogP contribution in [0.5, 0.6) is 0 Å². The average Bonchev–Trinajstić information content (AvgIpc) is 2.27. The van der Waals surface area contributed by atoms with E-state index >= 15 is 0 Å². The number of hydrazine groups is 1. The number of nitrogens with zero attached hydrogens (tertiary/aromatic N) is 1. The second-order valence-corrected chi connectivity index (χ2v) is 6.22. The first-order valence-electron chi connectivity index (χ1n) is 5.15. The molecule has 1 aliphatic rings. The molecule has 4 nitrogen and oxygen atoms in total. The highest BCUT2D eigenvalue weighted by atomic mass is 35.5. The summed E-state index contributed by atoms with van der Waals surface area (Å²) >= 11 is 11.8. The molecule has 0 saturated carbocycles. The van der Waals surface area contributed by atoms with Gasteiger partial charge in [0.25, 0.3) is 10.0 Å². The molecule has 0 aromatic heterocycles. The van der Waals surface area contributed by atoms with Crippen LogP contribution in [0.3, 0.4) is 0 Å². The van der Waals surface area contributed by atoms with Crippen molar-refractivity contribution in [3.05, 3.63) is 27.7 Å². The summed E-state index contributed by atoms with van der Waals surface area (Å²) < 4.78 is 24.1. The lowest BCUT2D eigenvalue weighted by Crippen LogP contribution is -2.47. The Hall–Kier alpha value is -0.330. The molecule has 2 rings (SSSR count). The molecule has 1 aliphatic heterocycles. The molecule has 0 radical (unpaired) electrons. The van der Waals surface area contributed by atoms with E-state index in [-0.39, 0.29) is 21.0 Å². The summed E-state index contributed by atoms with van der Waals surface area (Å²) in [5, 5.41) is 1.97. The van der Waals surface area contributed by atoms with Gasteiger partial charge in [0.05, 0.1) is 10.0 Å². The van der Waals surface area contributed by atoms with E-state index in [1.165, 1.54) is 0 Å². The number of benzene rings is 1. The summed E-state index contributed by atoms with van der Waals surface area (Å²) in [4.78, 5) is 2.57. The number of rotatable bonds is 1. The van der Waals surface area contributed by atoms with Crippen LogP contribution in [0.15, 0.2) is 17.0 Å². The Bertz CT molecular complexity index is 560. The number of fused-ring (bicyclic) bond motifs is 1. The molecule has 0 amide bonds. The largest absolute Gasteiger partial charge is 0.255 e. The van der Waals surface area contributed by atoms with Crippen molar-refractivity contribution in [2.24, 2.45) is 0 Å². The first-order valence-corrected chi connectivity index (χ1v) is 7.39. The normalized spacial score (nSPS) is 23.4. The standard InChI is InChI=1S/C10H12Cl2N2O2S/c1-3-14-6(2)7-4-5-8(11)9(12)10(7)17(15,16)13-14/h4-6,13H,3H2,1-2H3. The van der Waals surface area contributed by atoms with Gasteiger partial charge in [-0.2, -0.15) is 0 Å². The zero-order valence-corrected chi connectivity index (χ0v) is 11.7. The molecule has 1 aromatic rings. The van der Waals surface area contributed by atoms with E-state index in [0.717, 1.165) is 0 Å². The lowest BCUT2D eigenvalue weighted by atomic mass is 10.1. The van der Waals surface area contributed by atoms with E-state index in [4.69, 9.17) is 23.2 Å². The minimum absolute atomic E-state index is 0.0757. The number of sulfonamides is 1. The molecule has 7 heteroatoms. The highest BCUT2D eigenvalue weighted by Gasteiger charge is 2.35. The van der Waals surface area contributed by atoms with Gasteiger partial charge in [-0.1, -0.05) is 36.2 Å². The Labute approximate surface area is 111 Å². The van der Waals surface area contributed by atoms with Gasteiger partial charge in [-0.05, 0) is 18.6 Å². The Morgan fingerprint density at radius 2 is 2.06 bits per heavy atom. The predicted molar refractivity (Wildman–Crippen MR) is 67.6 cm³/mol. The summed E-state index contributed by atoms with van der Waals surface area (Å²) in [5.41, 5.74) is 0.667. The van der Waals surface area contributed by atoms with Crippen LogP contribution in [-0.2, 0) is 10.0 Å². The van der Waals surface area contributed by atoms with Crippen molar-refractivity contribution in [2.45, 2.75) is 24.8 Å². The second kappa shape index (κ2) is 4.40. The van der Waals surface area contributed by atoms with Crippen LogP contribution >= 0.6 is 23.2 Å². The molecular formula is C10H12Cl2N2O2S. The van der Waals surface area contributed by atoms with Gasteiger partial charge in [0.15, 0.2) is 0 Å². The van der Waals surface area contributed by atoms with Crippen molar-refractivity contribution in [2.75, 3.05) is 6.54 Å². The Morgan fingerprint density at radius 1 is 1.41 bits per heavy atom. The van der Waals surface area contributed by atoms with E-state index in [9.17, 15) is 8.42 Å². The van der Waals surface area contributed by atoms with Gasteiger partial charge in [-0.3, -0.25) is 0 Å². The summed E-state index contributed by atoms with van der Waals surface area (Å²) in [6, 6.07) is 3.25. The van der Waals surface area contributed by atoms with E-state index in [0.29, 0.717) is 12.1 Å². The van der Waals surface area contributed by atoms with Crippen LogP contribution in [-0.4, -0.2) is 20.0 Å². The van der Waals surface area contributed by atoms with Gasteiger partial charge in [-0.15, -0.1) is 4.83 Å². The molecule has 94 valence electrons. The van der Waals surface area contributed by atoms with E-state index < -0.39 is 10.0 Å². The molecule has 1 heterocycles. The first kappa shape index (κ1) is 13.1. The minimum Gasteiger partial charge on any atom is -0.224 e. The van der Waals surface area contributed by atoms with Crippen molar-refractivity contribution >= 4 is 33.2 Å². The highest BCUT2D eigenvalue weighted by molar-refractivity contribution is 7.89. The van der Waals surface area contributed by atoms with Crippen LogP contribution in [0.2, 0.25) is 10.0 Å². The summed E-state index contributed by atoms with van der Waals surface area (Å²) in [6.45, 7) is 4.36. The van der Waals surface area contributed by atoms with E-state index in [1.54, 1.807) is 17.1 Å². The maximum atomic E-state index is 12.1. The van der Waals surface area contributed by atoms with Gasteiger partial charge in [-0.25, -0.2) is 13.4 Å². The number of halogens is 2. The topological polar surface area (TPSA) is 49.4 Å². The Kier molecular flexibility index (Phi) is 3.40. The highest BCUT2D eigenvalue weighted by Crippen LogP contribution is 2.38. The van der Waals surface area contributed by atoms with Crippen LogP contribution in [0.4, 0.5) is 0 Å². The third-order valence-corrected chi connectivity index (χ3v) is 5.21. The lowest BCUT2D eigenvalue weighted by molar-refractivity contribution is 0.179. The fourth-order valence-electron chi connectivity index (χ4n) is 1.93. The van der Waals surface area contributed by atoms with Crippen molar-refractivity contribution in [3.63, 3.8) is 0 Å².